The first-order chi connectivity index (χ1) is 17.2. The SMILES string of the molecule is COc1cc(Nc2[c-]c3nc(N4CCOCC4)cnc3cc2)ccc1OCc1ccc(C#N)cc1.[Cm]. The molecule has 184 valence electrons. The van der Waals surface area contributed by atoms with E-state index >= 15 is 0 Å². The van der Waals surface area contributed by atoms with Crippen molar-refractivity contribution >= 4 is 28.2 Å². The third kappa shape index (κ3) is 5.24. The van der Waals surface area contributed by atoms with Crippen LogP contribution in [0, 0.1) is 17.4 Å². The molecule has 0 amide bonds. The van der Waals surface area contributed by atoms with E-state index in [9.17, 15) is 0 Å². The number of fused-ring (bicyclic) bond motifs is 1. The summed E-state index contributed by atoms with van der Waals surface area (Å²) in [5, 5.41) is 12.3. The number of benzene rings is 3. The van der Waals surface area contributed by atoms with E-state index in [1.165, 1.54) is 0 Å². The predicted octanol–water partition coefficient (Wildman–Crippen LogP) is 4.47. The minimum absolute atomic E-state index is 0. The van der Waals surface area contributed by atoms with Gasteiger partial charge in [0.15, 0.2) is 11.5 Å². The van der Waals surface area contributed by atoms with Gasteiger partial charge in [0.2, 0.25) is 0 Å². The summed E-state index contributed by atoms with van der Waals surface area (Å²) in [5.41, 5.74) is 4.69. The van der Waals surface area contributed by atoms with Gasteiger partial charge in [-0.05, 0) is 40.9 Å². The number of nitriles is 1. The predicted molar refractivity (Wildman–Crippen MR) is 133 cm³/mol. The number of morpholine rings is 1. The summed E-state index contributed by atoms with van der Waals surface area (Å²) >= 11 is 0. The molecule has 0 saturated carbocycles. The fourth-order valence-electron chi connectivity index (χ4n) is 3.81. The van der Waals surface area contributed by atoms with Crippen LogP contribution < -0.4 is 19.7 Å². The van der Waals surface area contributed by atoms with Crippen molar-refractivity contribution in [2.45, 2.75) is 6.61 Å². The average Bonchev–Trinajstić information content (AvgIpc) is 2.92. The Kier molecular flexibility index (Phi) is 7.09. The van der Waals surface area contributed by atoms with E-state index in [0.29, 0.717) is 42.4 Å². The summed E-state index contributed by atoms with van der Waals surface area (Å²) in [5.74, 6) is 2.07. The number of aromatic nitrogens is 2. The van der Waals surface area contributed by atoms with Gasteiger partial charge in [-0.25, -0.2) is 0 Å². The minimum atomic E-state index is 0. The smallest absolute Gasteiger partial charge is 0.162 e. The van der Waals surface area contributed by atoms with Crippen LogP contribution in [-0.2, 0) is 11.3 Å². The Morgan fingerprint density at radius 1 is 1.08 bits per heavy atom. The molecule has 1 aromatic heterocycles. The zero-order valence-electron chi connectivity index (χ0n) is 19.7. The first-order valence-electron chi connectivity index (χ1n) is 11.3. The zero-order chi connectivity index (χ0) is 24.0. The normalized spacial score (nSPS) is 12.9. The van der Waals surface area contributed by atoms with Crippen molar-refractivity contribution in [2.75, 3.05) is 43.6 Å². The molecule has 1 aliphatic rings. The molecule has 3 aromatic carbocycles. The van der Waals surface area contributed by atoms with E-state index in [4.69, 9.17) is 24.5 Å². The number of hydrogen-bond acceptors (Lipinski definition) is 8. The van der Waals surface area contributed by atoms with Gasteiger partial charge in [0, 0.05) is 24.8 Å². The second kappa shape index (κ2) is 10.7. The Labute approximate surface area is 203 Å². The molecule has 1 aliphatic heterocycles. The van der Waals surface area contributed by atoms with Gasteiger partial charge < -0.3 is 29.4 Å². The van der Waals surface area contributed by atoms with E-state index in [2.05, 4.69) is 27.3 Å². The number of nitrogens with one attached hydrogen (secondary N) is 1. The summed E-state index contributed by atoms with van der Waals surface area (Å²) in [6, 6.07) is 22.3. The molecule has 0 spiro atoms. The van der Waals surface area contributed by atoms with Gasteiger partial charge in [-0.15, -0.1) is 18.2 Å². The van der Waals surface area contributed by atoms with Gasteiger partial charge >= 0.3 is 0 Å². The fraction of sp³-hybridized carbons (Fsp3) is 0.222. The summed E-state index contributed by atoms with van der Waals surface area (Å²) in [6.45, 7) is 3.37. The van der Waals surface area contributed by atoms with Gasteiger partial charge in [0.05, 0.1) is 38.2 Å². The van der Waals surface area contributed by atoms with Crippen LogP contribution in [0.4, 0.5) is 17.2 Å². The molecular formula is C27H24CmN5O3-. The second-order valence-corrected chi connectivity index (χ2v) is 8.02. The third-order valence-corrected chi connectivity index (χ3v) is 5.70. The van der Waals surface area contributed by atoms with Crippen molar-refractivity contribution < 1.29 is 14.2 Å². The first kappa shape index (κ1) is 23.8. The molecule has 0 radical (unpaired) electrons. The van der Waals surface area contributed by atoms with Crippen molar-refractivity contribution in [3.63, 3.8) is 0 Å². The standard InChI is InChI=1S/C27H24N5O3.Cm/c1-33-26-15-22(7-9-25(26)35-18-20-4-2-19(16-28)3-5-20)30-21-6-8-23-24(14-21)31-27(17-29-23)32-10-12-34-13-11-32;/h2-9,15,17,30H,10-13,18H2,1H3;/q-1;. The molecule has 0 aliphatic carbocycles. The second-order valence-electron chi connectivity index (χ2n) is 8.02. The van der Waals surface area contributed by atoms with Crippen LogP contribution in [0.25, 0.3) is 11.0 Å². The number of methoxy groups -OCH3 is 1. The molecule has 2 heterocycles. The molecular weight excluding hydrogens is 689 g/mol. The molecule has 36 heavy (non-hydrogen) atoms. The molecule has 0 bridgehead atoms. The summed E-state index contributed by atoms with van der Waals surface area (Å²) in [4.78, 5) is 11.5. The van der Waals surface area contributed by atoms with Gasteiger partial charge in [0.1, 0.15) is 12.4 Å². The molecule has 0 unspecified atom stereocenters. The average molecular weight is 714 g/mol. The Hall–Kier alpha value is -5.35. The van der Waals surface area contributed by atoms with Crippen LogP contribution in [0.5, 0.6) is 11.5 Å². The van der Waals surface area contributed by atoms with Crippen LogP contribution in [0.3, 0.4) is 0 Å². The van der Waals surface area contributed by atoms with Crippen molar-refractivity contribution in [2.24, 2.45) is 0 Å². The summed E-state index contributed by atoms with van der Waals surface area (Å²) in [6.07, 6.45) is 1.80. The van der Waals surface area contributed by atoms with Crippen LogP contribution in [-0.4, -0.2) is 43.4 Å². The molecule has 8 nitrogen and oxygen atoms in total. The topological polar surface area (TPSA) is 92.5 Å². The summed E-state index contributed by atoms with van der Waals surface area (Å²) in [7, 11) is 1.61. The molecule has 5 rings (SSSR count). The van der Waals surface area contributed by atoms with Crippen LogP contribution in [0.15, 0.2) is 60.8 Å². The largest absolute Gasteiger partial charge is 0.493 e. The minimum Gasteiger partial charge on any atom is -0.493 e. The van der Waals surface area contributed by atoms with E-state index in [0.717, 1.165) is 41.4 Å². The first-order valence-corrected chi connectivity index (χ1v) is 11.3. The van der Waals surface area contributed by atoms with Gasteiger partial charge in [-0.3, -0.25) is 4.98 Å². The van der Waals surface area contributed by atoms with Gasteiger partial charge in [-0.2, -0.15) is 5.26 Å². The van der Waals surface area contributed by atoms with Crippen molar-refractivity contribution in [3.8, 4) is 17.6 Å². The number of nitrogens with zero attached hydrogens (tertiary/aromatic N) is 4. The van der Waals surface area contributed by atoms with Gasteiger partial charge in [0.25, 0.3) is 0 Å². The maximum atomic E-state index is 8.94. The molecule has 1 saturated heterocycles. The molecule has 1 N–H and O–H groups in total. The third-order valence-electron chi connectivity index (χ3n) is 5.70. The Morgan fingerprint density at radius 2 is 1.89 bits per heavy atom. The Morgan fingerprint density at radius 3 is 2.64 bits per heavy atom. The van der Waals surface area contributed by atoms with Crippen LogP contribution in [0.2, 0.25) is 0 Å². The van der Waals surface area contributed by atoms with Crippen LogP contribution in [0.1, 0.15) is 11.1 Å². The number of hydrogen-bond donors (Lipinski definition) is 1. The number of anilines is 3. The van der Waals surface area contributed by atoms with E-state index < -0.39 is 0 Å². The van der Waals surface area contributed by atoms with Gasteiger partial charge in [-0.1, -0.05) is 17.8 Å². The van der Waals surface area contributed by atoms with Crippen molar-refractivity contribution in [3.05, 3.63) is 78.0 Å². The van der Waals surface area contributed by atoms with Crippen molar-refractivity contribution in [1.29, 1.82) is 5.26 Å². The van der Waals surface area contributed by atoms with E-state index in [-0.39, 0.29) is 0 Å². The van der Waals surface area contributed by atoms with Crippen LogP contribution >= 0.6 is 0 Å². The molecule has 0 atom stereocenters. The summed E-state index contributed by atoms with van der Waals surface area (Å²) < 4.78 is 16.9. The maximum Gasteiger partial charge on any atom is 0.162 e. The monoisotopic (exact) mass is 709 g/mol. The molecule has 9 heteroatoms. The maximum absolute atomic E-state index is 8.94. The zero-order valence-corrected chi connectivity index (χ0v) is 22.6. The molecule has 1 fully saturated rings. The Bertz CT molecular complexity index is 1370. The molecule has 4 aromatic rings. The van der Waals surface area contributed by atoms with Crippen molar-refractivity contribution in [1.82, 2.24) is 9.97 Å². The Balaban J connectivity index is 0.00000304. The number of ether oxygens (including phenoxy) is 3. The quantitative estimate of drug-likeness (QED) is 0.281. The van der Waals surface area contributed by atoms with E-state index in [1.807, 2.05) is 42.5 Å². The fourth-order valence-corrected chi connectivity index (χ4v) is 3.81. The number of rotatable bonds is 7. The van der Waals surface area contributed by atoms with E-state index in [1.54, 1.807) is 25.4 Å².